The van der Waals surface area contributed by atoms with Gasteiger partial charge in [0.05, 0.1) is 23.6 Å². The summed E-state index contributed by atoms with van der Waals surface area (Å²) in [7, 11) is 0. The highest BCUT2D eigenvalue weighted by atomic mass is 16.2. The molecule has 4 aromatic rings. The van der Waals surface area contributed by atoms with Crippen molar-refractivity contribution in [3.05, 3.63) is 117 Å². The molecule has 0 aliphatic heterocycles. The first kappa shape index (κ1) is 20.3. The van der Waals surface area contributed by atoms with Crippen molar-refractivity contribution >= 4 is 16.9 Å². The summed E-state index contributed by atoms with van der Waals surface area (Å²) in [6.07, 6.45) is 0. The summed E-state index contributed by atoms with van der Waals surface area (Å²) in [4.78, 5) is 38.6. The molecule has 0 aliphatic rings. The molecular formula is C25H23N3O3. The first-order valence-corrected chi connectivity index (χ1v) is 10.1. The third kappa shape index (κ3) is 4.33. The fraction of sp³-hybridized carbons (Fsp3) is 0.160. The van der Waals surface area contributed by atoms with Crippen molar-refractivity contribution in [2.45, 2.75) is 26.1 Å². The molecule has 0 aliphatic carbocycles. The summed E-state index contributed by atoms with van der Waals surface area (Å²) < 4.78 is 2.72. The zero-order valence-electron chi connectivity index (χ0n) is 17.2. The Kier molecular flexibility index (Phi) is 5.80. The summed E-state index contributed by atoms with van der Waals surface area (Å²) in [5.74, 6) is -0.330. The average molecular weight is 413 g/mol. The van der Waals surface area contributed by atoms with Gasteiger partial charge in [-0.2, -0.15) is 0 Å². The minimum Gasteiger partial charge on any atom is -0.348 e. The Bertz CT molecular complexity index is 1330. The van der Waals surface area contributed by atoms with Crippen LogP contribution < -0.4 is 16.4 Å². The van der Waals surface area contributed by atoms with Gasteiger partial charge < -0.3 is 5.32 Å². The molecular weight excluding hydrogens is 390 g/mol. The van der Waals surface area contributed by atoms with Gasteiger partial charge in [-0.3, -0.25) is 23.5 Å². The maximum absolute atomic E-state index is 12.9. The number of hydrogen-bond acceptors (Lipinski definition) is 3. The molecule has 0 radical (unpaired) electrons. The number of hydrogen-bond donors (Lipinski definition) is 1. The number of amides is 1. The summed E-state index contributed by atoms with van der Waals surface area (Å²) >= 11 is 0. The number of nitrogens with zero attached hydrogens (tertiary/aromatic N) is 2. The molecule has 6 heteroatoms. The van der Waals surface area contributed by atoms with Gasteiger partial charge in [0.1, 0.15) is 6.54 Å². The van der Waals surface area contributed by atoms with Crippen LogP contribution in [0.4, 0.5) is 0 Å². The van der Waals surface area contributed by atoms with Gasteiger partial charge in [0.2, 0.25) is 5.91 Å². The molecule has 31 heavy (non-hydrogen) atoms. The van der Waals surface area contributed by atoms with Gasteiger partial charge in [-0.1, -0.05) is 72.8 Å². The molecule has 0 spiro atoms. The van der Waals surface area contributed by atoms with E-state index in [1.54, 1.807) is 18.2 Å². The van der Waals surface area contributed by atoms with Gasteiger partial charge >= 0.3 is 11.1 Å². The van der Waals surface area contributed by atoms with Crippen molar-refractivity contribution in [2.75, 3.05) is 0 Å². The summed E-state index contributed by atoms with van der Waals surface area (Å²) in [5, 5.41) is 2.90. The predicted octanol–water partition coefficient (Wildman–Crippen LogP) is 3.09. The molecule has 0 unspecified atom stereocenters. The third-order valence-corrected chi connectivity index (χ3v) is 5.30. The molecule has 0 bridgehead atoms. The van der Waals surface area contributed by atoms with Crippen molar-refractivity contribution in [3.63, 3.8) is 0 Å². The first-order chi connectivity index (χ1) is 15.0. The molecule has 0 saturated carbocycles. The summed E-state index contributed by atoms with van der Waals surface area (Å²) in [5.41, 5.74) is 1.68. The van der Waals surface area contributed by atoms with E-state index in [0.717, 1.165) is 11.1 Å². The van der Waals surface area contributed by atoms with Crippen LogP contribution in [0.3, 0.4) is 0 Å². The second kappa shape index (κ2) is 8.83. The largest absolute Gasteiger partial charge is 0.348 e. The predicted molar refractivity (Wildman–Crippen MR) is 121 cm³/mol. The van der Waals surface area contributed by atoms with Gasteiger partial charge in [-0.15, -0.1) is 0 Å². The monoisotopic (exact) mass is 413 g/mol. The van der Waals surface area contributed by atoms with Crippen LogP contribution in [0.1, 0.15) is 24.1 Å². The molecule has 1 N–H and O–H groups in total. The second-order valence-corrected chi connectivity index (χ2v) is 7.46. The van der Waals surface area contributed by atoms with Gasteiger partial charge in [0, 0.05) is 0 Å². The normalized spacial score (nSPS) is 11.9. The number of fused-ring (bicyclic) bond motifs is 1. The van der Waals surface area contributed by atoms with E-state index in [1.165, 1.54) is 9.13 Å². The van der Waals surface area contributed by atoms with Crippen molar-refractivity contribution in [1.82, 2.24) is 14.5 Å². The second-order valence-electron chi connectivity index (χ2n) is 7.46. The van der Waals surface area contributed by atoms with Crippen LogP contribution in [-0.4, -0.2) is 15.0 Å². The van der Waals surface area contributed by atoms with Crippen LogP contribution in [0.2, 0.25) is 0 Å². The number of aromatic nitrogens is 2. The zero-order chi connectivity index (χ0) is 21.8. The fourth-order valence-electron chi connectivity index (χ4n) is 3.71. The fourth-order valence-corrected chi connectivity index (χ4v) is 3.71. The lowest BCUT2D eigenvalue weighted by atomic mass is 10.1. The van der Waals surface area contributed by atoms with E-state index in [1.807, 2.05) is 73.7 Å². The topological polar surface area (TPSA) is 73.1 Å². The Morgan fingerprint density at radius 3 is 1.94 bits per heavy atom. The third-order valence-electron chi connectivity index (χ3n) is 5.30. The van der Waals surface area contributed by atoms with Crippen molar-refractivity contribution in [3.8, 4) is 0 Å². The summed E-state index contributed by atoms with van der Waals surface area (Å²) in [6, 6.07) is 26.0. The Hall–Kier alpha value is -3.93. The van der Waals surface area contributed by atoms with E-state index < -0.39 is 11.1 Å². The van der Waals surface area contributed by atoms with Crippen molar-refractivity contribution in [1.29, 1.82) is 0 Å². The van der Waals surface area contributed by atoms with Crippen molar-refractivity contribution < 1.29 is 4.79 Å². The highest BCUT2D eigenvalue weighted by Gasteiger charge is 2.17. The van der Waals surface area contributed by atoms with Crippen LogP contribution in [0.5, 0.6) is 0 Å². The molecule has 1 aromatic heterocycles. The molecule has 0 saturated heterocycles. The maximum atomic E-state index is 12.9. The van der Waals surface area contributed by atoms with E-state index in [9.17, 15) is 14.4 Å². The van der Waals surface area contributed by atoms with Crippen LogP contribution in [0, 0.1) is 0 Å². The molecule has 1 amide bonds. The molecule has 156 valence electrons. The molecule has 0 fully saturated rings. The molecule has 6 nitrogen and oxygen atoms in total. The highest BCUT2D eigenvalue weighted by molar-refractivity contribution is 5.80. The van der Waals surface area contributed by atoms with Gasteiger partial charge in [-0.25, -0.2) is 0 Å². The number of carbonyl (C=O) groups is 1. The Morgan fingerprint density at radius 2 is 1.29 bits per heavy atom. The van der Waals surface area contributed by atoms with Crippen LogP contribution in [0.15, 0.2) is 94.5 Å². The number of rotatable bonds is 6. The Morgan fingerprint density at radius 1 is 0.774 bits per heavy atom. The van der Waals surface area contributed by atoms with E-state index in [0.29, 0.717) is 11.0 Å². The number of para-hydroxylation sites is 2. The van der Waals surface area contributed by atoms with Gasteiger partial charge in [0.25, 0.3) is 0 Å². The quantitative estimate of drug-likeness (QED) is 0.494. The van der Waals surface area contributed by atoms with E-state index in [4.69, 9.17) is 0 Å². The number of benzene rings is 3. The lowest BCUT2D eigenvalue weighted by molar-refractivity contribution is -0.122. The lowest BCUT2D eigenvalue weighted by Crippen LogP contribution is -2.44. The van der Waals surface area contributed by atoms with Crippen LogP contribution >= 0.6 is 0 Å². The van der Waals surface area contributed by atoms with Gasteiger partial charge in [0.15, 0.2) is 0 Å². The first-order valence-electron chi connectivity index (χ1n) is 10.1. The van der Waals surface area contributed by atoms with Gasteiger partial charge in [-0.05, 0) is 30.2 Å². The Labute approximate surface area is 179 Å². The lowest BCUT2D eigenvalue weighted by Gasteiger charge is -2.17. The zero-order valence-corrected chi connectivity index (χ0v) is 17.2. The van der Waals surface area contributed by atoms with Crippen LogP contribution in [-0.2, 0) is 17.9 Å². The molecule has 1 atom stereocenters. The number of carbonyl (C=O) groups excluding carboxylic acids is 1. The van der Waals surface area contributed by atoms with Crippen molar-refractivity contribution in [2.24, 2.45) is 0 Å². The smallest absolute Gasteiger partial charge is 0.317 e. The minimum absolute atomic E-state index is 0.214. The molecule has 1 heterocycles. The molecule has 4 rings (SSSR count). The standard InChI is InChI=1S/C25H23N3O3/c1-18(20-12-6-3-7-13-20)26-23(29)17-28-22-15-9-8-14-21(22)27(24(30)25(28)31)16-19-10-4-2-5-11-19/h2-15,18H,16-17H2,1H3,(H,26,29)/t18-/m1/s1. The average Bonchev–Trinajstić information content (AvgIpc) is 2.81. The molecule has 3 aromatic carbocycles. The van der Waals surface area contributed by atoms with E-state index in [2.05, 4.69) is 5.32 Å². The van der Waals surface area contributed by atoms with Crippen LogP contribution in [0.25, 0.3) is 11.0 Å². The van der Waals surface area contributed by atoms with E-state index in [-0.39, 0.29) is 25.0 Å². The van der Waals surface area contributed by atoms with E-state index >= 15 is 0 Å². The maximum Gasteiger partial charge on any atom is 0.317 e. The summed E-state index contributed by atoms with van der Waals surface area (Å²) in [6.45, 7) is 1.94. The SMILES string of the molecule is C[C@@H](NC(=O)Cn1c(=O)c(=O)n(Cc2ccccc2)c2ccccc21)c1ccccc1. The Balaban J connectivity index is 1.68. The number of nitrogens with one attached hydrogen (secondary N) is 1. The highest BCUT2D eigenvalue weighted by Crippen LogP contribution is 2.14. The minimum atomic E-state index is -0.711.